The number of nitrogens with zero attached hydrogens (tertiary/aromatic N) is 1. The molecule has 1 aromatic heterocycles. The molecule has 0 unspecified atom stereocenters. The molecule has 0 radical (unpaired) electrons. The van der Waals surface area contributed by atoms with Crippen LogP contribution in [0.4, 0.5) is 10.9 Å². The van der Waals surface area contributed by atoms with E-state index < -0.39 is 0 Å². The minimum absolute atomic E-state index is 0.227. The van der Waals surface area contributed by atoms with Gasteiger partial charge in [-0.15, -0.1) is 12.3 Å². The summed E-state index contributed by atoms with van der Waals surface area (Å²) in [6.45, 7) is 3.14. The molecule has 0 aliphatic carbocycles. The first kappa shape index (κ1) is 12.3. The number of hydrogen-bond acceptors (Lipinski definition) is 5. The fourth-order valence-corrected chi connectivity index (χ4v) is 1.92. The Morgan fingerprint density at radius 1 is 1.69 bits per heavy atom. The van der Waals surface area contributed by atoms with Crippen LogP contribution in [0.5, 0.6) is 0 Å². The molecule has 0 spiro atoms. The summed E-state index contributed by atoms with van der Waals surface area (Å²) in [6, 6.07) is 0. The third-order valence-electron chi connectivity index (χ3n) is 1.74. The van der Waals surface area contributed by atoms with Gasteiger partial charge in [0.15, 0.2) is 5.13 Å². The Balaban J connectivity index is 2.64. The lowest BCUT2D eigenvalue weighted by molar-refractivity contribution is 0.0959. The average Bonchev–Trinajstić information content (AvgIpc) is 2.60. The van der Waals surface area contributed by atoms with Crippen LogP contribution in [0.3, 0.4) is 0 Å². The van der Waals surface area contributed by atoms with Crippen molar-refractivity contribution in [2.45, 2.75) is 13.3 Å². The number of thiazole rings is 1. The number of nitrogen functional groups attached to an aromatic ring is 1. The molecule has 0 saturated carbocycles. The summed E-state index contributed by atoms with van der Waals surface area (Å²) in [5, 5.41) is 6.34. The lowest BCUT2D eigenvalue weighted by Gasteiger charge is -1.99. The number of carbonyl (C=O) groups is 1. The van der Waals surface area contributed by atoms with Crippen LogP contribution in [-0.4, -0.2) is 24.0 Å². The van der Waals surface area contributed by atoms with Gasteiger partial charge in [-0.25, -0.2) is 4.98 Å². The molecule has 1 rings (SSSR count). The minimum atomic E-state index is -0.227. The van der Waals surface area contributed by atoms with Crippen molar-refractivity contribution in [2.24, 2.45) is 0 Å². The first-order valence-corrected chi connectivity index (χ1v) is 5.72. The third-order valence-corrected chi connectivity index (χ3v) is 2.77. The molecule has 1 heterocycles. The number of rotatable bonds is 5. The Morgan fingerprint density at radius 3 is 3.06 bits per heavy atom. The van der Waals surface area contributed by atoms with E-state index in [9.17, 15) is 4.79 Å². The molecule has 16 heavy (non-hydrogen) atoms. The van der Waals surface area contributed by atoms with Gasteiger partial charge in [0.2, 0.25) is 0 Å². The Bertz CT molecular complexity index is 407. The number of hydrogen-bond donors (Lipinski definition) is 3. The molecule has 0 aliphatic rings. The number of nitrogens with two attached hydrogens (primary N) is 1. The van der Waals surface area contributed by atoms with Crippen molar-refractivity contribution in [3.8, 4) is 12.3 Å². The molecule has 0 atom stereocenters. The molecular weight excluding hydrogens is 224 g/mol. The second kappa shape index (κ2) is 5.98. The quantitative estimate of drug-likeness (QED) is 0.526. The highest BCUT2D eigenvalue weighted by molar-refractivity contribution is 7.18. The van der Waals surface area contributed by atoms with E-state index in [0.717, 1.165) is 6.54 Å². The van der Waals surface area contributed by atoms with Gasteiger partial charge in [0, 0.05) is 19.5 Å². The van der Waals surface area contributed by atoms with Gasteiger partial charge in [-0.2, -0.15) is 0 Å². The Morgan fingerprint density at radius 2 is 2.44 bits per heavy atom. The van der Waals surface area contributed by atoms with Gasteiger partial charge >= 0.3 is 0 Å². The zero-order valence-corrected chi connectivity index (χ0v) is 9.86. The molecule has 1 aromatic rings. The van der Waals surface area contributed by atoms with Gasteiger partial charge in [0.1, 0.15) is 10.7 Å². The maximum absolute atomic E-state index is 11.6. The molecule has 4 N–H and O–H groups in total. The molecule has 6 heteroatoms. The van der Waals surface area contributed by atoms with Crippen LogP contribution in [0, 0.1) is 12.3 Å². The molecule has 0 bridgehead atoms. The number of terminal acetylenes is 1. The van der Waals surface area contributed by atoms with Crippen LogP contribution in [0.1, 0.15) is 23.0 Å². The van der Waals surface area contributed by atoms with E-state index in [2.05, 4.69) is 21.5 Å². The van der Waals surface area contributed by atoms with Gasteiger partial charge in [-0.1, -0.05) is 11.3 Å². The van der Waals surface area contributed by atoms with Crippen LogP contribution in [0.2, 0.25) is 0 Å². The SMILES string of the molecule is C#CCCNC(=O)c1sc(NCC)nc1N. The Kier molecular flexibility index (Phi) is 4.61. The van der Waals surface area contributed by atoms with E-state index in [1.54, 1.807) is 0 Å². The third kappa shape index (κ3) is 3.14. The number of aromatic nitrogens is 1. The van der Waals surface area contributed by atoms with E-state index in [4.69, 9.17) is 12.2 Å². The number of amides is 1. The summed E-state index contributed by atoms with van der Waals surface area (Å²) in [5.41, 5.74) is 5.63. The summed E-state index contributed by atoms with van der Waals surface area (Å²) < 4.78 is 0. The molecule has 5 nitrogen and oxygen atoms in total. The molecule has 0 fully saturated rings. The average molecular weight is 238 g/mol. The maximum Gasteiger partial charge on any atom is 0.265 e. The second-order valence-corrected chi connectivity index (χ2v) is 3.97. The summed E-state index contributed by atoms with van der Waals surface area (Å²) in [5.74, 6) is 2.47. The van der Waals surface area contributed by atoms with Crippen molar-refractivity contribution in [2.75, 3.05) is 24.1 Å². The summed E-state index contributed by atoms with van der Waals surface area (Å²) >= 11 is 1.24. The van der Waals surface area contributed by atoms with Crippen molar-refractivity contribution in [1.82, 2.24) is 10.3 Å². The first-order chi connectivity index (χ1) is 7.69. The smallest absolute Gasteiger partial charge is 0.265 e. The number of nitrogens with one attached hydrogen (secondary N) is 2. The van der Waals surface area contributed by atoms with Crippen molar-refractivity contribution in [3.63, 3.8) is 0 Å². The fourth-order valence-electron chi connectivity index (χ4n) is 1.05. The van der Waals surface area contributed by atoms with Crippen LogP contribution in [0.15, 0.2) is 0 Å². The van der Waals surface area contributed by atoms with E-state index >= 15 is 0 Å². The first-order valence-electron chi connectivity index (χ1n) is 4.90. The standard InChI is InChI=1S/C10H14N4OS/c1-3-5-6-13-9(15)7-8(11)14-10(16-7)12-4-2/h1H,4-6,11H2,2H3,(H,12,14)(H,13,15). The largest absolute Gasteiger partial charge is 0.382 e. The normalized spacial score (nSPS) is 9.50. The molecule has 86 valence electrons. The van der Waals surface area contributed by atoms with Gasteiger partial charge in [-0.05, 0) is 6.92 Å². The van der Waals surface area contributed by atoms with Crippen molar-refractivity contribution in [1.29, 1.82) is 0 Å². The van der Waals surface area contributed by atoms with E-state index in [-0.39, 0.29) is 11.7 Å². The lowest BCUT2D eigenvalue weighted by atomic mass is 10.4. The van der Waals surface area contributed by atoms with E-state index in [1.165, 1.54) is 11.3 Å². The van der Waals surface area contributed by atoms with Crippen molar-refractivity contribution < 1.29 is 4.79 Å². The van der Waals surface area contributed by atoms with Crippen molar-refractivity contribution in [3.05, 3.63) is 4.88 Å². The van der Waals surface area contributed by atoms with Crippen LogP contribution in [0.25, 0.3) is 0 Å². The summed E-state index contributed by atoms with van der Waals surface area (Å²) in [4.78, 5) is 16.1. The fraction of sp³-hybridized carbons (Fsp3) is 0.400. The van der Waals surface area contributed by atoms with Gasteiger partial charge < -0.3 is 16.4 Å². The number of anilines is 2. The summed E-state index contributed by atoms with van der Waals surface area (Å²) in [7, 11) is 0. The van der Waals surface area contributed by atoms with Gasteiger partial charge in [-0.3, -0.25) is 4.79 Å². The molecule has 0 saturated heterocycles. The maximum atomic E-state index is 11.6. The van der Waals surface area contributed by atoms with Gasteiger partial charge in [0.25, 0.3) is 5.91 Å². The second-order valence-electron chi connectivity index (χ2n) is 2.97. The predicted octanol–water partition coefficient (Wildman–Crippen LogP) is 0.910. The minimum Gasteiger partial charge on any atom is -0.382 e. The van der Waals surface area contributed by atoms with Crippen LogP contribution < -0.4 is 16.4 Å². The molecule has 0 aromatic carbocycles. The molecule has 1 amide bonds. The topological polar surface area (TPSA) is 80.0 Å². The predicted molar refractivity (Wildman–Crippen MR) is 66.5 cm³/mol. The monoisotopic (exact) mass is 238 g/mol. The highest BCUT2D eigenvalue weighted by Gasteiger charge is 2.14. The zero-order valence-electron chi connectivity index (χ0n) is 9.04. The summed E-state index contributed by atoms with van der Waals surface area (Å²) in [6.07, 6.45) is 5.59. The lowest BCUT2D eigenvalue weighted by Crippen LogP contribution is -2.24. The molecule has 0 aliphatic heterocycles. The van der Waals surface area contributed by atoms with Crippen LogP contribution in [-0.2, 0) is 0 Å². The van der Waals surface area contributed by atoms with Gasteiger partial charge in [0.05, 0.1) is 0 Å². The van der Waals surface area contributed by atoms with E-state index in [1.807, 2.05) is 6.92 Å². The van der Waals surface area contributed by atoms with E-state index in [0.29, 0.717) is 23.0 Å². The highest BCUT2D eigenvalue weighted by Crippen LogP contribution is 2.24. The van der Waals surface area contributed by atoms with Crippen LogP contribution >= 0.6 is 11.3 Å². The number of carbonyl (C=O) groups excluding carboxylic acids is 1. The zero-order chi connectivity index (χ0) is 12.0. The highest BCUT2D eigenvalue weighted by atomic mass is 32.1. The Hall–Kier alpha value is -1.74. The Labute approximate surface area is 98.4 Å². The molecular formula is C10H14N4OS. The van der Waals surface area contributed by atoms with Crippen molar-refractivity contribution >= 4 is 28.2 Å².